The average Bonchev–Trinajstić information content (AvgIpc) is 2.55. The Morgan fingerprint density at radius 3 is 2.72 bits per heavy atom. The SMILES string of the molecule is CC(NC(=O)CN1CC(C)(C)Oc2ccc(N)cc21)c1ccccc1. The number of nitrogen functional groups attached to an aromatic ring is 1. The van der Waals surface area contributed by atoms with Crippen LogP contribution < -0.4 is 20.7 Å². The molecule has 5 nitrogen and oxygen atoms in total. The molecule has 1 aliphatic heterocycles. The number of nitrogens with zero attached hydrogens (tertiary/aromatic N) is 1. The molecule has 1 aliphatic rings. The van der Waals surface area contributed by atoms with E-state index in [1.54, 1.807) is 0 Å². The molecule has 0 spiro atoms. The number of fused-ring (bicyclic) bond motifs is 1. The van der Waals surface area contributed by atoms with Crippen molar-refractivity contribution in [2.45, 2.75) is 32.4 Å². The van der Waals surface area contributed by atoms with Crippen LogP contribution in [0.1, 0.15) is 32.4 Å². The summed E-state index contributed by atoms with van der Waals surface area (Å²) in [6.45, 7) is 6.91. The van der Waals surface area contributed by atoms with Gasteiger partial charge in [-0.15, -0.1) is 0 Å². The van der Waals surface area contributed by atoms with Crippen molar-refractivity contribution in [2.75, 3.05) is 23.7 Å². The third-order valence-corrected chi connectivity index (χ3v) is 4.29. The van der Waals surface area contributed by atoms with Gasteiger partial charge in [-0.25, -0.2) is 0 Å². The molecule has 1 heterocycles. The Balaban J connectivity index is 1.73. The molecule has 0 radical (unpaired) electrons. The molecule has 2 aromatic carbocycles. The van der Waals surface area contributed by atoms with Gasteiger partial charge in [-0.1, -0.05) is 30.3 Å². The summed E-state index contributed by atoms with van der Waals surface area (Å²) in [6, 6.07) is 15.4. The standard InChI is InChI=1S/C20H25N3O2/c1-14(15-7-5-4-6-8-15)22-19(24)12-23-13-20(2,3)25-18-10-9-16(21)11-17(18)23/h4-11,14H,12-13,21H2,1-3H3,(H,22,24). The second-order valence-electron chi connectivity index (χ2n) is 7.14. The molecule has 3 rings (SSSR count). The van der Waals surface area contributed by atoms with Crippen molar-refractivity contribution in [1.82, 2.24) is 5.32 Å². The van der Waals surface area contributed by atoms with Gasteiger partial charge in [-0.2, -0.15) is 0 Å². The van der Waals surface area contributed by atoms with Crippen LogP contribution in [0.15, 0.2) is 48.5 Å². The molecule has 132 valence electrons. The number of anilines is 2. The first kappa shape index (κ1) is 17.1. The maximum Gasteiger partial charge on any atom is 0.239 e. The summed E-state index contributed by atoms with van der Waals surface area (Å²) in [7, 11) is 0. The summed E-state index contributed by atoms with van der Waals surface area (Å²) in [5.74, 6) is 0.733. The Hall–Kier alpha value is -2.69. The van der Waals surface area contributed by atoms with E-state index in [1.807, 2.05) is 74.2 Å². The van der Waals surface area contributed by atoms with Gasteiger partial charge < -0.3 is 20.7 Å². The minimum absolute atomic E-state index is 0.0255. The van der Waals surface area contributed by atoms with Crippen LogP contribution in [0.25, 0.3) is 0 Å². The van der Waals surface area contributed by atoms with Crippen LogP contribution in [-0.4, -0.2) is 24.6 Å². The number of nitrogens with two attached hydrogens (primary N) is 1. The van der Waals surface area contributed by atoms with E-state index in [9.17, 15) is 4.79 Å². The van der Waals surface area contributed by atoms with Gasteiger partial charge in [-0.3, -0.25) is 4.79 Å². The predicted octanol–water partition coefficient (Wildman–Crippen LogP) is 3.12. The number of hydrogen-bond donors (Lipinski definition) is 2. The van der Waals surface area contributed by atoms with E-state index >= 15 is 0 Å². The Morgan fingerprint density at radius 1 is 1.28 bits per heavy atom. The van der Waals surface area contributed by atoms with Crippen molar-refractivity contribution in [3.8, 4) is 5.75 Å². The molecule has 1 unspecified atom stereocenters. The lowest BCUT2D eigenvalue weighted by atomic mass is 10.0. The molecule has 3 N–H and O–H groups in total. The molecule has 0 saturated carbocycles. The van der Waals surface area contributed by atoms with Crippen molar-refractivity contribution in [2.24, 2.45) is 0 Å². The minimum Gasteiger partial charge on any atom is -0.484 e. The minimum atomic E-state index is -0.367. The van der Waals surface area contributed by atoms with Crippen LogP contribution >= 0.6 is 0 Å². The van der Waals surface area contributed by atoms with Crippen LogP contribution in [-0.2, 0) is 4.79 Å². The van der Waals surface area contributed by atoms with Gasteiger partial charge in [0.25, 0.3) is 0 Å². The van der Waals surface area contributed by atoms with Crippen molar-refractivity contribution >= 4 is 17.3 Å². The van der Waals surface area contributed by atoms with Gasteiger partial charge in [0, 0.05) is 5.69 Å². The van der Waals surface area contributed by atoms with Crippen LogP contribution in [0.4, 0.5) is 11.4 Å². The molecule has 5 heteroatoms. The van der Waals surface area contributed by atoms with E-state index < -0.39 is 0 Å². The van der Waals surface area contributed by atoms with Gasteiger partial charge >= 0.3 is 0 Å². The number of rotatable bonds is 4. The second-order valence-corrected chi connectivity index (χ2v) is 7.14. The summed E-state index contributed by atoms with van der Waals surface area (Å²) in [4.78, 5) is 14.6. The number of ether oxygens (including phenoxy) is 1. The van der Waals surface area contributed by atoms with Crippen LogP contribution in [0.2, 0.25) is 0 Å². The number of carbonyl (C=O) groups excluding carboxylic acids is 1. The molecule has 0 aliphatic carbocycles. The van der Waals surface area contributed by atoms with Gasteiger partial charge in [0.2, 0.25) is 5.91 Å². The number of carbonyl (C=O) groups is 1. The Labute approximate surface area is 148 Å². The highest BCUT2D eigenvalue weighted by Crippen LogP contribution is 2.38. The zero-order valence-electron chi connectivity index (χ0n) is 15.0. The molecular formula is C20H25N3O2. The van der Waals surface area contributed by atoms with Crippen molar-refractivity contribution in [1.29, 1.82) is 0 Å². The lowest BCUT2D eigenvalue weighted by Gasteiger charge is -2.40. The van der Waals surface area contributed by atoms with Gasteiger partial charge in [0.15, 0.2) is 0 Å². The second kappa shape index (κ2) is 6.67. The number of nitrogens with one attached hydrogen (secondary N) is 1. The summed E-state index contributed by atoms with van der Waals surface area (Å²) in [5, 5.41) is 3.06. The van der Waals surface area contributed by atoms with E-state index in [4.69, 9.17) is 10.5 Å². The zero-order chi connectivity index (χ0) is 18.0. The molecule has 0 saturated heterocycles. The van der Waals surface area contributed by atoms with E-state index in [0.717, 1.165) is 17.0 Å². The van der Waals surface area contributed by atoms with Crippen LogP contribution in [0.5, 0.6) is 5.75 Å². The first-order valence-corrected chi connectivity index (χ1v) is 8.52. The highest BCUT2D eigenvalue weighted by Gasteiger charge is 2.32. The topological polar surface area (TPSA) is 67.6 Å². The number of hydrogen-bond acceptors (Lipinski definition) is 4. The van der Waals surface area contributed by atoms with Crippen LogP contribution in [0.3, 0.4) is 0 Å². The maximum atomic E-state index is 12.6. The fourth-order valence-electron chi connectivity index (χ4n) is 3.17. The first-order valence-electron chi connectivity index (χ1n) is 8.52. The fourth-order valence-corrected chi connectivity index (χ4v) is 3.17. The largest absolute Gasteiger partial charge is 0.484 e. The van der Waals surface area contributed by atoms with Crippen LogP contribution in [0, 0.1) is 0 Å². The molecule has 0 aromatic heterocycles. The Morgan fingerprint density at radius 2 is 2.00 bits per heavy atom. The molecule has 25 heavy (non-hydrogen) atoms. The predicted molar refractivity (Wildman–Crippen MR) is 101 cm³/mol. The summed E-state index contributed by atoms with van der Waals surface area (Å²) in [5.41, 5.74) is 8.16. The van der Waals surface area contributed by atoms with Crippen molar-refractivity contribution in [3.05, 3.63) is 54.1 Å². The molecule has 0 fully saturated rings. The zero-order valence-corrected chi connectivity index (χ0v) is 15.0. The highest BCUT2D eigenvalue weighted by molar-refractivity contribution is 5.83. The lowest BCUT2D eigenvalue weighted by molar-refractivity contribution is -0.120. The molecule has 0 bridgehead atoms. The van der Waals surface area contributed by atoms with Crippen molar-refractivity contribution < 1.29 is 9.53 Å². The van der Waals surface area contributed by atoms with Gasteiger partial charge in [-0.05, 0) is 44.5 Å². The fraction of sp³-hybridized carbons (Fsp3) is 0.350. The lowest BCUT2D eigenvalue weighted by Crippen LogP contribution is -2.50. The number of amides is 1. The summed E-state index contributed by atoms with van der Waals surface area (Å²) >= 11 is 0. The average molecular weight is 339 g/mol. The quantitative estimate of drug-likeness (QED) is 0.840. The molecule has 1 atom stereocenters. The van der Waals surface area contributed by atoms with Gasteiger partial charge in [0.05, 0.1) is 24.8 Å². The van der Waals surface area contributed by atoms with E-state index in [2.05, 4.69) is 5.32 Å². The summed E-state index contributed by atoms with van der Waals surface area (Å²) < 4.78 is 6.01. The van der Waals surface area contributed by atoms with Crippen molar-refractivity contribution in [3.63, 3.8) is 0 Å². The monoisotopic (exact) mass is 339 g/mol. The van der Waals surface area contributed by atoms with E-state index in [1.165, 1.54) is 0 Å². The first-order chi connectivity index (χ1) is 11.8. The maximum absolute atomic E-state index is 12.6. The summed E-state index contributed by atoms with van der Waals surface area (Å²) in [6.07, 6.45) is 0. The van der Waals surface area contributed by atoms with E-state index in [-0.39, 0.29) is 24.1 Å². The Bertz CT molecular complexity index is 759. The van der Waals surface area contributed by atoms with Gasteiger partial charge in [0.1, 0.15) is 11.4 Å². The molecule has 2 aromatic rings. The van der Waals surface area contributed by atoms with E-state index in [0.29, 0.717) is 12.2 Å². The highest BCUT2D eigenvalue weighted by atomic mass is 16.5. The number of benzene rings is 2. The third-order valence-electron chi connectivity index (χ3n) is 4.29. The smallest absolute Gasteiger partial charge is 0.239 e. The third kappa shape index (κ3) is 4.05. The molecular weight excluding hydrogens is 314 g/mol. The molecule has 1 amide bonds. The normalized spacial score (nSPS) is 16.5. The Kier molecular flexibility index (Phi) is 4.57.